The van der Waals surface area contributed by atoms with Crippen LogP contribution in [0.1, 0.15) is 161 Å². The molecule has 0 atom stereocenters. The van der Waals surface area contributed by atoms with Crippen LogP contribution in [-0.4, -0.2) is 167 Å². The molecule has 8 aromatic carbocycles. The van der Waals surface area contributed by atoms with E-state index in [0.29, 0.717) is 38.6 Å². The Labute approximate surface area is 725 Å². The highest BCUT2D eigenvalue weighted by Crippen LogP contribution is 2.30. The van der Waals surface area contributed by atoms with E-state index >= 15 is 0 Å². The zero-order valence-corrected chi connectivity index (χ0v) is 73.4. The first-order valence-electron chi connectivity index (χ1n) is 43.3. The Morgan fingerprint density at radius 3 is 0.984 bits per heavy atom. The van der Waals surface area contributed by atoms with E-state index in [-0.39, 0.29) is 0 Å². The van der Waals surface area contributed by atoms with Gasteiger partial charge in [-0.3, -0.25) is 35.5 Å². The van der Waals surface area contributed by atoms with Gasteiger partial charge in [0, 0.05) is 77.6 Å². The molecule has 0 saturated heterocycles. The van der Waals surface area contributed by atoms with E-state index in [1.807, 2.05) is 158 Å². The normalized spacial score (nSPS) is 11.7. The largest absolute Gasteiger partial charge is 0.489 e. The maximum Gasteiger partial charge on any atom is 0.130 e. The quantitative estimate of drug-likeness (QED) is 0.0224. The number of nitriles is 1. The third kappa shape index (κ3) is 28.8. The van der Waals surface area contributed by atoms with E-state index < -0.39 is 0 Å². The minimum Gasteiger partial charge on any atom is -0.489 e. The summed E-state index contributed by atoms with van der Waals surface area (Å²) in [6.45, 7) is 24.2. The van der Waals surface area contributed by atoms with E-state index in [1.165, 1.54) is 69.8 Å². The number of benzene rings is 8. The highest BCUT2D eigenvalue weighted by atomic mass is 16.5. The summed E-state index contributed by atoms with van der Waals surface area (Å²) in [5.74, 6) is 6.91. The van der Waals surface area contributed by atoms with E-state index in [4.69, 9.17) is 35.4 Å². The van der Waals surface area contributed by atoms with Gasteiger partial charge in [-0.05, 0) is 256 Å². The summed E-state index contributed by atoms with van der Waals surface area (Å²) in [5, 5.41) is 52.3. The second kappa shape index (κ2) is 48.8. The molecule has 1 aliphatic heterocycles. The van der Waals surface area contributed by atoms with Gasteiger partial charge in [-0.15, -0.1) is 6.42 Å². The number of rotatable bonds is 40. The lowest BCUT2D eigenvalue weighted by Crippen LogP contribution is -2.19. The number of terminal acetylenes is 1. The van der Waals surface area contributed by atoms with Gasteiger partial charge in [-0.1, -0.05) is 133 Å². The molecule has 642 valence electrons. The number of hydrogen-bond acceptors (Lipinski definition) is 18. The van der Waals surface area contributed by atoms with Gasteiger partial charge in [0.1, 0.15) is 61.8 Å². The van der Waals surface area contributed by atoms with Gasteiger partial charge < -0.3 is 48.2 Å². The summed E-state index contributed by atoms with van der Waals surface area (Å²) >= 11 is 0. The average Bonchev–Trinajstić information content (AvgIpc) is 1.70. The molecule has 23 heteroatoms. The first-order chi connectivity index (χ1) is 60.2. The highest BCUT2D eigenvalue weighted by molar-refractivity contribution is 5.98. The van der Waals surface area contributed by atoms with Gasteiger partial charge in [0.05, 0.1) is 79.9 Å². The Morgan fingerprint density at radius 1 is 0.350 bits per heavy atom. The second-order valence-electron chi connectivity index (χ2n) is 31.5. The first kappa shape index (κ1) is 91.3. The molecule has 0 aliphatic carbocycles. The van der Waals surface area contributed by atoms with E-state index in [0.717, 1.165) is 212 Å². The molecule has 6 aromatic heterocycles. The summed E-state index contributed by atoms with van der Waals surface area (Å²) in [6.07, 6.45) is 25.2. The number of aliphatic imine (C=N–C) groups is 1. The van der Waals surface area contributed by atoms with Crippen LogP contribution in [0, 0.1) is 23.7 Å². The van der Waals surface area contributed by atoms with Gasteiger partial charge in [0.15, 0.2) is 0 Å². The smallest absolute Gasteiger partial charge is 0.130 e. The number of nitrogens with zero attached hydrogens (tertiary/aromatic N) is 13. The number of H-pyrrole nitrogens is 5. The molecule has 0 saturated carbocycles. The van der Waals surface area contributed by atoms with Crippen molar-refractivity contribution in [1.29, 1.82) is 5.26 Å². The number of hydrogen-bond donors (Lipinski definition) is 5. The monoisotopic (exact) mass is 1650 g/mol. The Bertz CT molecular complexity index is 5530. The van der Waals surface area contributed by atoms with Crippen molar-refractivity contribution in [1.82, 2.24) is 80.5 Å². The van der Waals surface area contributed by atoms with Gasteiger partial charge in [-0.2, -0.15) is 30.8 Å². The number of aromatic nitrogens is 11. The summed E-state index contributed by atoms with van der Waals surface area (Å²) in [5.41, 5.74) is 17.4. The Morgan fingerprint density at radius 2 is 0.667 bits per heavy atom. The Kier molecular flexibility index (Phi) is 36.2. The standard InChI is InChI=1S/C22H25N3O.C21H24N4O.C20H25N3O.C19H24N4O.C18H24N4O/c1-4-6-12-25(3)15-22-20-14-19(10-11-21(20)23-24-22)26-16-18-9-7-8-17(5-2)13-18;1-3-4-11-25(2)14-21-19-12-18(9-10-20(19)23-24-21)26-15-17-7-5-16(13-22)6-8-17;1-3-4-12-23(2)14-20-18-13-17(10-11-19(18)21-22-20)24-15-16-8-6-5-7-9-16;1-3-4-11-23(2)13-19-17-12-16(5-6-18(17)21-22-19)24-14-15-7-9-20-10-8-15;1-3-4-10-22(2)12-18-16-11-15(7-8-17(16)20-21-18)23-13-14-6-5-9-19-14/h2,7-11,13-14H,4,6,12,15-16H2,1,3H3,(H,23,24);5-10,12H,3-4,11,14-15H2,1-2H3,(H,23,24);5-11,13H,3-4,12,14-15H2,1-2H3,(H,21,22);5-10,12H,3-4,11,13-14H2,1-2H3,(H,21,22);5-8,11H,3-4,9-10,12-13H2,1-2H3,(H,20,21). The van der Waals surface area contributed by atoms with Crippen molar-refractivity contribution in [2.45, 2.75) is 158 Å². The number of aromatic amines is 5. The fourth-order valence-electron chi connectivity index (χ4n) is 14.0. The van der Waals surface area contributed by atoms with Gasteiger partial charge in [0.25, 0.3) is 0 Å². The molecule has 5 N–H and O–H groups in total. The number of pyridine rings is 1. The third-order valence-electron chi connectivity index (χ3n) is 21.1. The summed E-state index contributed by atoms with van der Waals surface area (Å²) in [6, 6.07) is 61.8. The van der Waals surface area contributed by atoms with Crippen LogP contribution in [0.3, 0.4) is 0 Å². The van der Waals surface area contributed by atoms with Crippen molar-refractivity contribution < 1.29 is 23.7 Å². The van der Waals surface area contributed by atoms with Crippen LogP contribution >= 0.6 is 0 Å². The van der Waals surface area contributed by atoms with Crippen molar-refractivity contribution >= 4 is 60.2 Å². The predicted octanol–water partition coefficient (Wildman–Crippen LogP) is 19.9. The topological polar surface area (TPSA) is 255 Å². The van der Waals surface area contributed by atoms with Crippen molar-refractivity contribution in [3.8, 4) is 47.2 Å². The summed E-state index contributed by atoms with van der Waals surface area (Å²) in [4.78, 5) is 20.0. The van der Waals surface area contributed by atoms with Crippen LogP contribution < -0.4 is 23.7 Å². The van der Waals surface area contributed by atoms with Crippen molar-refractivity contribution in [3.05, 3.63) is 268 Å². The fourth-order valence-corrected chi connectivity index (χ4v) is 14.0. The van der Waals surface area contributed by atoms with Crippen LogP contribution in [0.15, 0.2) is 212 Å². The van der Waals surface area contributed by atoms with Crippen LogP contribution in [-0.2, 0) is 59.2 Å². The first-order valence-corrected chi connectivity index (χ1v) is 43.3. The zero-order valence-electron chi connectivity index (χ0n) is 73.4. The van der Waals surface area contributed by atoms with E-state index in [1.54, 1.807) is 12.4 Å². The Balaban J connectivity index is 0.000000150. The molecule has 0 spiro atoms. The Hall–Kier alpha value is -12.5. The number of unbranched alkanes of at least 4 members (excludes halogenated alkanes) is 5. The van der Waals surface area contributed by atoms with Gasteiger partial charge in [0.2, 0.25) is 0 Å². The lowest BCUT2D eigenvalue weighted by atomic mass is 10.1. The van der Waals surface area contributed by atoms with E-state index in [9.17, 15) is 0 Å². The SMILES string of the molecule is C#Cc1cccc(COc2ccc3n[nH]c(CN(C)CCCC)c3c2)c1.CCCCN(C)Cc1[nH]nc2ccc(OCC3=NCC=C3)cc12.CCCCN(C)Cc1[nH]nc2ccc(OCc3ccc(C#N)cc3)cc12.CCCCN(C)Cc1[nH]nc2ccc(OCc3ccccc3)cc12.CCCCN(C)Cc1[nH]nc2ccc(OCc3ccncc3)cc12. The van der Waals surface area contributed by atoms with Gasteiger partial charge in [-0.25, -0.2) is 0 Å². The molecule has 0 fully saturated rings. The molecular weight excluding hydrogens is 1530 g/mol. The summed E-state index contributed by atoms with van der Waals surface area (Å²) < 4.78 is 29.6. The lowest BCUT2D eigenvalue weighted by Gasteiger charge is -2.15. The molecule has 1 aliphatic rings. The molecule has 0 radical (unpaired) electrons. The van der Waals surface area contributed by atoms with Crippen molar-refractivity contribution in [3.63, 3.8) is 0 Å². The highest BCUT2D eigenvalue weighted by Gasteiger charge is 2.17. The van der Waals surface area contributed by atoms with E-state index in [2.05, 4.69) is 204 Å². The van der Waals surface area contributed by atoms with Crippen LogP contribution in [0.25, 0.3) is 54.5 Å². The van der Waals surface area contributed by atoms with Crippen LogP contribution in [0.4, 0.5) is 0 Å². The molecular formula is C100H122N18O5. The zero-order chi connectivity index (χ0) is 86.3. The second-order valence-corrected chi connectivity index (χ2v) is 31.5. The molecule has 0 amide bonds. The molecule has 0 bridgehead atoms. The predicted molar refractivity (Wildman–Crippen MR) is 497 cm³/mol. The number of nitrogens with one attached hydrogen (secondary N) is 5. The van der Waals surface area contributed by atoms with Crippen LogP contribution in [0.2, 0.25) is 0 Å². The average molecular weight is 1660 g/mol. The van der Waals surface area contributed by atoms with Gasteiger partial charge >= 0.3 is 0 Å². The van der Waals surface area contributed by atoms with Crippen LogP contribution in [0.5, 0.6) is 28.7 Å². The van der Waals surface area contributed by atoms with Crippen molar-refractivity contribution in [2.24, 2.45) is 4.99 Å². The molecule has 15 rings (SSSR count). The minimum absolute atomic E-state index is 0.473. The van der Waals surface area contributed by atoms with Crippen molar-refractivity contribution in [2.75, 3.05) is 81.1 Å². The number of ether oxygens (including phenoxy) is 5. The molecule has 14 aromatic rings. The molecule has 7 heterocycles. The molecule has 123 heavy (non-hydrogen) atoms. The number of fused-ring (bicyclic) bond motifs is 5. The summed E-state index contributed by atoms with van der Waals surface area (Å²) in [7, 11) is 10.7. The molecule has 23 nitrogen and oxygen atoms in total. The maximum absolute atomic E-state index is 8.86. The maximum atomic E-state index is 8.86. The minimum atomic E-state index is 0.473. The third-order valence-corrected chi connectivity index (χ3v) is 21.1. The molecule has 0 unspecified atom stereocenters. The fraction of sp³-hybridized carbons (Fsp3) is 0.360. The lowest BCUT2D eigenvalue weighted by molar-refractivity contribution is 0.306.